The third-order valence-electron chi connectivity index (χ3n) is 5.10. The number of methoxy groups -OCH3 is 2. The number of nitrogens with zero attached hydrogens (tertiary/aromatic N) is 3. The molecule has 0 spiro atoms. The maximum atomic E-state index is 12.2. The van der Waals surface area contributed by atoms with E-state index in [4.69, 9.17) is 9.47 Å². The van der Waals surface area contributed by atoms with Gasteiger partial charge in [-0.15, -0.1) is 0 Å². The van der Waals surface area contributed by atoms with Gasteiger partial charge in [-0.2, -0.15) is 5.10 Å². The van der Waals surface area contributed by atoms with Crippen LogP contribution in [0.3, 0.4) is 0 Å². The Labute approximate surface area is 126 Å². The van der Waals surface area contributed by atoms with Crippen molar-refractivity contribution in [3.05, 3.63) is 24.5 Å². The molecule has 0 aromatic carbocycles. The van der Waals surface area contributed by atoms with E-state index >= 15 is 0 Å². The van der Waals surface area contributed by atoms with Crippen LogP contribution in [0.4, 0.5) is 0 Å². The number of rotatable bonds is 3. The molecular weight excluding hydrogens is 286 g/mol. The van der Waals surface area contributed by atoms with E-state index in [9.17, 15) is 9.59 Å². The van der Waals surface area contributed by atoms with Crippen molar-refractivity contribution in [2.75, 3.05) is 14.2 Å². The van der Waals surface area contributed by atoms with Crippen LogP contribution in [0.15, 0.2) is 24.5 Å². The lowest BCUT2D eigenvalue weighted by Gasteiger charge is -2.71. The van der Waals surface area contributed by atoms with Gasteiger partial charge in [-0.1, -0.05) is 0 Å². The summed E-state index contributed by atoms with van der Waals surface area (Å²) in [7, 11) is 2.74. The van der Waals surface area contributed by atoms with Gasteiger partial charge in [0.25, 0.3) is 0 Å². The molecule has 0 N–H and O–H groups in total. The van der Waals surface area contributed by atoms with Gasteiger partial charge in [0.05, 0.1) is 42.8 Å². The third-order valence-corrected chi connectivity index (χ3v) is 5.10. The lowest BCUT2D eigenvalue weighted by Crippen LogP contribution is -2.76. The normalized spacial score (nSPS) is 32.0. The number of aromatic nitrogens is 3. The smallest absolute Gasteiger partial charge is 0.314 e. The summed E-state index contributed by atoms with van der Waals surface area (Å²) in [6.45, 7) is 0. The van der Waals surface area contributed by atoms with Crippen molar-refractivity contribution in [1.82, 2.24) is 14.8 Å². The first-order valence-electron chi connectivity index (χ1n) is 7.04. The van der Waals surface area contributed by atoms with E-state index in [0.29, 0.717) is 12.8 Å². The first-order valence-corrected chi connectivity index (χ1v) is 7.04. The SMILES string of the molecule is COC(=O)C12CC(C(=O)OC)(C1)C2n1ncc2ncccc21. The van der Waals surface area contributed by atoms with Gasteiger partial charge in [0.2, 0.25) is 0 Å². The molecule has 7 heteroatoms. The Bertz CT molecular complexity index is 763. The Morgan fingerprint density at radius 2 is 1.86 bits per heavy atom. The monoisotopic (exact) mass is 301 g/mol. The number of fused-ring (bicyclic) bond motifs is 1. The highest BCUT2D eigenvalue weighted by Crippen LogP contribution is 2.80. The fourth-order valence-electron chi connectivity index (χ4n) is 4.20. The summed E-state index contributed by atoms with van der Waals surface area (Å²) < 4.78 is 11.6. The Balaban J connectivity index is 1.83. The van der Waals surface area contributed by atoms with Crippen molar-refractivity contribution >= 4 is 23.0 Å². The summed E-state index contributed by atoms with van der Waals surface area (Å²) in [6.07, 6.45) is 4.22. The maximum Gasteiger partial charge on any atom is 0.314 e. The van der Waals surface area contributed by atoms with Gasteiger partial charge in [-0.3, -0.25) is 19.3 Å². The lowest BCUT2D eigenvalue weighted by molar-refractivity contribution is -0.267. The highest BCUT2D eigenvalue weighted by molar-refractivity contribution is 5.93. The van der Waals surface area contributed by atoms with Crippen molar-refractivity contribution in [3.8, 4) is 0 Å². The second-order valence-corrected chi connectivity index (χ2v) is 6.05. The van der Waals surface area contributed by atoms with Crippen molar-refractivity contribution in [2.45, 2.75) is 18.9 Å². The van der Waals surface area contributed by atoms with Crippen LogP contribution in [-0.4, -0.2) is 40.9 Å². The minimum atomic E-state index is -0.683. The van der Waals surface area contributed by atoms with Crippen molar-refractivity contribution in [2.24, 2.45) is 10.8 Å². The zero-order valence-corrected chi connectivity index (χ0v) is 12.3. The van der Waals surface area contributed by atoms with Crippen molar-refractivity contribution < 1.29 is 19.1 Å². The molecule has 3 aliphatic carbocycles. The van der Waals surface area contributed by atoms with Crippen LogP contribution in [0.2, 0.25) is 0 Å². The van der Waals surface area contributed by atoms with E-state index in [1.165, 1.54) is 14.2 Å². The molecule has 3 fully saturated rings. The average molecular weight is 301 g/mol. The fraction of sp³-hybridized carbons (Fsp3) is 0.467. The predicted molar refractivity (Wildman–Crippen MR) is 74.7 cm³/mol. The van der Waals surface area contributed by atoms with Crippen LogP contribution < -0.4 is 0 Å². The topological polar surface area (TPSA) is 83.3 Å². The van der Waals surface area contributed by atoms with Gasteiger partial charge in [-0.25, -0.2) is 0 Å². The molecule has 3 saturated carbocycles. The molecule has 0 aliphatic heterocycles. The molecule has 0 unspecified atom stereocenters. The summed E-state index contributed by atoms with van der Waals surface area (Å²) in [5.41, 5.74) is 0.164. The Kier molecular flexibility index (Phi) is 2.44. The van der Waals surface area contributed by atoms with E-state index < -0.39 is 10.8 Å². The predicted octanol–water partition coefficient (Wildman–Crippen LogP) is 1.10. The number of ether oxygens (including phenoxy) is 2. The minimum Gasteiger partial charge on any atom is -0.469 e. The van der Waals surface area contributed by atoms with E-state index in [1.807, 2.05) is 6.07 Å². The van der Waals surface area contributed by atoms with Gasteiger partial charge < -0.3 is 9.47 Å². The largest absolute Gasteiger partial charge is 0.469 e. The molecule has 2 heterocycles. The van der Waals surface area contributed by atoms with Gasteiger partial charge >= 0.3 is 11.9 Å². The molecule has 0 saturated heterocycles. The van der Waals surface area contributed by atoms with Crippen LogP contribution in [0.5, 0.6) is 0 Å². The maximum absolute atomic E-state index is 12.2. The van der Waals surface area contributed by atoms with Gasteiger partial charge in [0.1, 0.15) is 5.52 Å². The van der Waals surface area contributed by atoms with Crippen LogP contribution in [0.25, 0.3) is 11.0 Å². The molecule has 7 nitrogen and oxygen atoms in total. The fourth-order valence-corrected chi connectivity index (χ4v) is 4.20. The number of esters is 2. The quantitative estimate of drug-likeness (QED) is 0.789. The molecule has 0 radical (unpaired) electrons. The Morgan fingerprint density at radius 1 is 1.23 bits per heavy atom. The molecule has 0 amide bonds. The van der Waals surface area contributed by atoms with Gasteiger partial charge in [-0.05, 0) is 25.0 Å². The molecule has 3 aliphatic rings. The summed E-state index contributed by atoms with van der Waals surface area (Å²) in [5, 5.41) is 4.36. The molecule has 2 aromatic heterocycles. The average Bonchev–Trinajstić information content (AvgIpc) is 2.88. The summed E-state index contributed by atoms with van der Waals surface area (Å²) >= 11 is 0. The summed E-state index contributed by atoms with van der Waals surface area (Å²) in [6, 6.07) is 3.31. The lowest BCUT2D eigenvalue weighted by atomic mass is 9.31. The van der Waals surface area contributed by atoms with Gasteiger partial charge in [0, 0.05) is 6.20 Å². The van der Waals surface area contributed by atoms with E-state index in [2.05, 4.69) is 10.1 Å². The minimum absolute atomic E-state index is 0.296. The van der Waals surface area contributed by atoms with Crippen molar-refractivity contribution in [3.63, 3.8) is 0 Å². The second-order valence-electron chi connectivity index (χ2n) is 6.05. The van der Waals surface area contributed by atoms with Crippen LogP contribution >= 0.6 is 0 Å². The van der Waals surface area contributed by atoms with Crippen LogP contribution in [0, 0.1) is 10.8 Å². The zero-order valence-electron chi connectivity index (χ0n) is 12.3. The van der Waals surface area contributed by atoms with Crippen molar-refractivity contribution in [1.29, 1.82) is 0 Å². The highest BCUT2D eigenvalue weighted by Gasteiger charge is 2.84. The third kappa shape index (κ3) is 1.27. The van der Waals surface area contributed by atoms with Crippen LogP contribution in [-0.2, 0) is 19.1 Å². The number of pyridine rings is 1. The van der Waals surface area contributed by atoms with Crippen LogP contribution in [0.1, 0.15) is 18.9 Å². The number of carbonyl (C=O) groups is 2. The molecule has 22 heavy (non-hydrogen) atoms. The molecule has 2 aromatic rings. The van der Waals surface area contributed by atoms with Gasteiger partial charge in [0.15, 0.2) is 0 Å². The molecule has 0 atom stereocenters. The van der Waals surface area contributed by atoms with E-state index in [-0.39, 0.29) is 18.0 Å². The molecule has 5 rings (SSSR count). The van der Waals surface area contributed by atoms with E-state index in [0.717, 1.165) is 11.0 Å². The number of hydrogen-bond donors (Lipinski definition) is 0. The summed E-state index contributed by atoms with van der Waals surface area (Å²) in [5.74, 6) is -0.591. The molecule has 2 bridgehead atoms. The van der Waals surface area contributed by atoms with E-state index in [1.54, 1.807) is 23.1 Å². The zero-order chi connectivity index (χ0) is 15.5. The first-order chi connectivity index (χ1) is 10.6. The number of hydrogen-bond acceptors (Lipinski definition) is 6. The standard InChI is InChI=1S/C15H15N3O4/c1-21-12(19)14-7-15(8-14,13(20)22-2)11(14)18-10-4-3-5-16-9(10)6-17-18/h3-6,11H,7-8H2,1-2H3. The Morgan fingerprint density at radius 3 is 2.45 bits per heavy atom. The molecular formula is C15H15N3O4. The second kappa shape index (κ2) is 4.06. The highest BCUT2D eigenvalue weighted by atomic mass is 16.5. The molecule has 114 valence electrons. The first kappa shape index (κ1) is 13.2. The summed E-state index contributed by atoms with van der Waals surface area (Å²) in [4.78, 5) is 28.7. The number of carbonyl (C=O) groups excluding carboxylic acids is 2. The Hall–Kier alpha value is -2.44.